The van der Waals surface area contributed by atoms with E-state index in [2.05, 4.69) is 40.0 Å². The summed E-state index contributed by atoms with van der Waals surface area (Å²) in [5, 5.41) is 25.6. The summed E-state index contributed by atoms with van der Waals surface area (Å²) in [5.41, 5.74) is -1.71. The molecule has 0 bridgehead atoms. The fourth-order valence-electron chi connectivity index (χ4n) is 5.45. The molecule has 61 heavy (non-hydrogen) atoms. The molecule has 0 aliphatic carbocycles. The largest absolute Gasteiger partial charge is 1.00 e. The second kappa shape index (κ2) is 17.7. The van der Waals surface area contributed by atoms with Crippen molar-refractivity contribution in [3.63, 3.8) is 0 Å². The molecule has 6 N–H and O–H groups in total. The maximum Gasteiger partial charge on any atom is 1.00 e. The predicted octanol–water partition coefficient (Wildman–Crippen LogP) is 1.14. The van der Waals surface area contributed by atoms with Gasteiger partial charge in [0.15, 0.2) is 9.84 Å². The third kappa shape index (κ3) is 11.5. The van der Waals surface area contributed by atoms with Gasteiger partial charge < -0.3 is 15.7 Å². The van der Waals surface area contributed by atoms with Crippen molar-refractivity contribution in [3.8, 4) is 5.75 Å². The molecule has 0 spiro atoms. The second-order valence-corrected chi connectivity index (χ2v) is 19.7. The molecule has 0 saturated carbocycles. The third-order valence-electron chi connectivity index (χ3n) is 7.94. The molecule has 5 aromatic carbocycles. The number of hydrogen-bond donors (Lipinski definition) is 6. The summed E-state index contributed by atoms with van der Waals surface area (Å²) in [6.07, 6.45) is 0. The van der Waals surface area contributed by atoms with Gasteiger partial charge >= 0.3 is 40.0 Å². The van der Waals surface area contributed by atoms with Crippen LogP contribution in [-0.2, 0) is 54.8 Å². The van der Waals surface area contributed by atoms with E-state index in [1.807, 2.05) is 0 Å². The Hall–Kier alpha value is -4.53. The van der Waals surface area contributed by atoms with Gasteiger partial charge in [0.2, 0.25) is 17.2 Å². The van der Waals surface area contributed by atoms with Crippen LogP contribution in [0.1, 0.15) is 0 Å². The number of nitrogens with zero attached hydrogens (tertiary/aromatic N) is 5. The normalized spacial score (nSPS) is 12.7. The Balaban J connectivity index is 0.00000704. The third-order valence-corrected chi connectivity index (χ3v) is 12.9. The van der Waals surface area contributed by atoms with Gasteiger partial charge in [-0.3, -0.25) is 18.2 Å². The quantitative estimate of drug-likeness (QED) is 0.0506. The van der Waals surface area contributed by atoms with E-state index in [1.165, 1.54) is 42.5 Å². The molecule has 0 unspecified atom stereocenters. The molecule has 6 rings (SSSR count). The van der Waals surface area contributed by atoms with E-state index >= 15 is 0 Å². The number of benzene rings is 5. The van der Waals surface area contributed by atoms with Crippen molar-refractivity contribution in [3.05, 3.63) is 84.1 Å². The van der Waals surface area contributed by atoms with Crippen molar-refractivity contribution < 1.29 is 99.1 Å². The van der Waals surface area contributed by atoms with E-state index < -0.39 is 117 Å². The number of azo groups is 1. The van der Waals surface area contributed by atoms with Gasteiger partial charge in [-0.1, -0.05) is 30.0 Å². The average molecular weight is 968 g/mol. The SMILES string of the molecule is O=S(=O)(O)OCCS(=O)(=O)c1ccc(Nc2nc(Cl)nc(Nc3cc(S(=O)(=O)O)cc4cc(S(=O)(=O)O)c(N=Nc5cc(S(=O)(=O)O)c6ccccc6c5)c([O-])c34)n2)cc1.[Na+]. The maximum absolute atomic E-state index is 14.1. The van der Waals surface area contributed by atoms with E-state index in [-0.39, 0.29) is 62.5 Å². The molecule has 0 fully saturated rings. The molecule has 0 atom stereocenters. The number of anilines is 4. The molecular weight excluding hydrogens is 945 g/mol. The molecule has 0 amide bonds. The van der Waals surface area contributed by atoms with Crippen LogP contribution in [0.2, 0.25) is 5.28 Å². The first-order valence-electron chi connectivity index (χ1n) is 15.9. The molecule has 0 radical (unpaired) electrons. The minimum Gasteiger partial charge on any atom is -0.870 e. The first-order valence-corrected chi connectivity index (χ1v) is 23.6. The van der Waals surface area contributed by atoms with Gasteiger partial charge in [0.1, 0.15) is 9.79 Å². The fourth-order valence-corrected chi connectivity index (χ4v) is 9.02. The summed E-state index contributed by atoms with van der Waals surface area (Å²) >= 11 is 6.11. The van der Waals surface area contributed by atoms with Crippen molar-refractivity contribution in [2.75, 3.05) is 23.0 Å². The van der Waals surface area contributed by atoms with Gasteiger partial charge in [-0.25, -0.2) is 12.6 Å². The average Bonchev–Trinajstić information content (AvgIpc) is 3.12. The van der Waals surface area contributed by atoms with Crippen molar-refractivity contribution >= 4 is 118 Å². The second-order valence-electron chi connectivity index (χ2n) is 12.0. The van der Waals surface area contributed by atoms with E-state index in [0.29, 0.717) is 12.1 Å². The van der Waals surface area contributed by atoms with Crippen molar-refractivity contribution in [1.29, 1.82) is 0 Å². The van der Waals surface area contributed by atoms with Crippen LogP contribution in [0.15, 0.2) is 109 Å². The molecular formula is C31H23ClN7NaO16S5. The molecule has 0 aliphatic heterocycles. The van der Waals surface area contributed by atoms with Crippen molar-refractivity contribution in [2.24, 2.45) is 10.2 Å². The molecule has 6 aromatic rings. The number of fused-ring (bicyclic) bond motifs is 2. The first kappa shape index (κ1) is 47.5. The zero-order valence-electron chi connectivity index (χ0n) is 30.3. The van der Waals surface area contributed by atoms with E-state index in [1.54, 1.807) is 0 Å². The molecule has 1 heterocycles. The molecule has 0 saturated heterocycles. The summed E-state index contributed by atoms with van der Waals surface area (Å²) in [6, 6.07) is 14.9. The van der Waals surface area contributed by atoms with Gasteiger partial charge in [-0.05, 0) is 82.4 Å². The number of hydrogen-bond acceptors (Lipinski definition) is 19. The van der Waals surface area contributed by atoms with Crippen LogP contribution in [0.5, 0.6) is 5.75 Å². The summed E-state index contributed by atoms with van der Waals surface area (Å²) in [4.78, 5) is 8.92. The molecule has 1 aromatic heterocycles. The Bertz CT molecular complexity index is 3350. The van der Waals surface area contributed by atoms with Crippen LogP contribution >= 0.6 is 11.6 Å². The zero-order chi connectivity index (χ0) is 44.0. The summed E-state index contributed by atoms with van der Waals surface area (Å²) < 4.78 is 163. The van der Waals surface area contributed by atoms with Crippen molar-refractivity contribution in [1.82, 2.24) is 15.0 Å². The van der Waals surface area contributed by atoms with Crippen LogP contribution in [-0.4, -0.2) is 87.6 Å². The van der Waals surface area contributed by atoms with Crippen molar-refractivity contribution in [2.45, 2.75) is 19.6 Å². The van der Waals surface area contributed by atoms with E-state index in [4.69, 9.17) is 16.2 Å². The number of rotatable bonds is 14. The van der Waals surface area contributed by atoms with Crippen LogP contribution in [0.25, 0.3) is 21.5 Å². The maximum atomic E-state index is 14.1. The number of aromatic nitrogens is 3. The summed E-state index contributed by atoms with van der Waals surface area (Å²) in [6.45, 7) is -0.866. The van der Waals surface area contributed by atoms with Gasteiger partial charge in [0.25, 0.3) is 30.4 Å². The first-order chi connectivity index (χ1) is 27.8. The Morgan fingerprint density at radius 2 is 1.30 bits per heavy atom. The standard InChI is InChI=1S/C31H24ClN7O16S5.Na/c32-29-35-30(33-18-5-7-20(8-6-18)56(41,42)10-9-55-60(52,53)54)37-31(36-29)34-23-15-21(57(43,44)45)12-17-13-25(59(49,50)51)27(28(40)26(17)23)39-38-19-11-16-3-1-2-4-22(16)24(14-19)58(46,47)48;/h1-8,11-15,40H,9-10H2,(H,43,44,45)(H,46,47,48)(H,49,50,51)(H,52,53,54)(H2,33,34,35,36,37);/q;+1/p-1. The molecule has 30 heteroatoms. The topological polar surface area (TPSA) is 371 Å². The zero-order valence-corrected chi connectivity index (χ0v) is 37.1. The smallest absolute Gasteiger partial charge is 0.870 e. The Morgan fingerprint density at radius 3 is 1.90 bits per heavy atom. The van der Waals surface area contributed by atoms with Gasteiger partial charge in [-0.2, -0.15) is 53.7 Å². The number of nitrogens with one attached hydrogen (secondary N) is 2. The fraction of sp³-hybridized carbons (Fsp3) is 0.0645. The van der Waals surface area contributed by atoms with Gasteiger partial charge in [0, 0.05) is 16.8 Å². The Labute approximate surface area is 372 Å². The van der Waals surface area contributed by atoms with Crippen LogP contribution in [0, 0.1) is 0 Å². The molecule has 23 nitrogen and oxygen atoms in total. The van der Waals surface area contributed by atoms with Gasteiger partial charge in [-0.15, -0.1) is 5.11 Å². The summed E-state index contributed by atoms with van der Waals surface area (Å²) in [5.74, 6) is -2.95. The van der Waals surface area contributed by atoms with Crippen LogP contribution in [0.4, 0.5) is 34.6 Å². The Morgan fingerprint density at radius 1 is 0.672 bits per heavy atom. The van der Waals surface area contributed by atoms with E-state index in [0.717, 1.165) is 24.3 Å². The number of halogens is 1. The molecule has 0 aliphatic rings. The summed E-state index contributed by atoms with van der Waals surface area (Å²) in [7, 11) is -24.2. The number of sulfone groups is 1. The van der Waals surface area contributed by atoms with Gasteiger partial charge in [0.05, 0.1) is 33.5 Å². The predicted molar refractivity (Wildman–Crippen MR) is 208 cm³/mol. The van der Waals surface area contributed by atoms with Crippen LogP contribution in [0.3, 0.4) is 0 Å². The minimum absolute atomic E-state index is 0. The van der Waals surface area contributed by atoms with E-state index in [9.17, 15) is 60.9 Å². The monoisotopic (exact) mass is 967 g/mol. The minimum atomic E-state index is -5.35. The Kier molecular flexibility index (Phi) is 13.8. The molecule has 316 valence electrons. The van der Waals surface area contributed by atoms with Crippen LogP contribution < -0.4 is 45.3 Å².